The van der Waals surface area contributed by atoms with Crippen LogP contribution < -0.4 is 0 Å². The number of fused-ring (bicyclic) bond motifs is 2. The molecule has 0 radical (unpaired) electrons. The van der Waals surface area contributed by atoms with Crippen LogP contribution in [0.25, 0.3) is 0 Å². The standard InChI is InChI=1S/C15H26O2/c1-5-6-11-7-13-8-12(11)9-14(13)15(3,4)17-10(2)16/h11-14H,5-9H2,1-4H3. The fraction of sp³-hybridized carbons (Fsp3) is 0.933. The molecule has 2 bridgehead atoms. The second-order valence-electron chi connectivity index (χ2n) is 6.58. The van der Waals surface area contributed by atoms with Gasteiger partial charge in [0.2, 0.25) is 0 Å². The summed E-state index contributed by atoms with van der Waals surface area (Å²) in [5.41, 5.74) is -0.261. The van der Waals surface area contributed by atoms with Crippen molar-refractivity contribution in [3.8, 4) is 0 Å². The molecule has 0 saturated heterocycles. The zero-order chi connectivity index (χ0) is 12.6. The Kier molecular flexibility index (Phi) is 3.51. The first kappa shape index (κ1) is 12.9. The van der Waals surface area contributed by atoms with Gasteiger partial charge in [0.15, 0.2) is 0 Å². The Bertz CT molecular complexity index is 295. The van der Waals surface area contributed by atoms with Gasteiger partial charge in [-0.3, -0.25) is 4.79 Å². The summed E-state index contributed by atoms with van der Waals surface area (Å²) in [6, 6.07) is 0. The smallest absolute Gasteiger partial charge is 0.303 e. The van der Waals surface area contributed by atoms with Gasteiger partial charge in [0.25, 0.3) is 0 Å². The molecule has 0 heterocycles. The molecule has 17 heavy (non-hydrogen) atoms. The van der Waals surface area contributed by atoms with E-state index >= 15 is 0 Å². The topological polar surface area (TPSA) is 26.3 Å². The Hall–Kier alpha value is -0.530. The summed E-state index contributed by atoms with van der Waals surface area (Å²) in [7, 11) is 0. The van der Waals surface area contributed by atoms with Gasteiger partial charge in [0, 0.05) is 12.8 Å². The highest BCUT2D eigenvalue weighted by Crippen LogP contribution is 2.56. The Labute approximate surface area is 105 Å². The van der Waals surface area contributed by atoms with E-state index in [4.69, 9.17) is 4.74 Å². The first-order valence-electron chi connectivity index (χ1n) is 7.13. The van der Waals surface area contributed by atoms with E-state index < -0.39 is 0 Å². The molecule has 2 nitrogen and oxygen atoms in total. The summed E-state index contributed by atoms with van der Waals surface area (Å²) in [6.07, 6.45) is 6.72. The molecular weight excluding hydrogens is 212 g/mol. The predicted molar refractivity (Wildman–Crippen MR) is 68.6 cm³/mol. The summed E-state index contributed by atoms with van der Waals surface area (Å²) >= 11 is 0. The van der Waals surface area contributed by atoms with Gasteiger partial charge in [-0.2, -0.15) is 0 Å². The Balaban J connectivity index is 1.97. The Morgan fingerprint density at radius 2 is 1.94 bits per heavy atom. The van der Waals surface area contributed by atoms with Crippen molar-refractivity contribution in [2.24, 2.45) is 23.7 Å². The lowest BCUT2D eigenvalue weighted by Gasteiger charge is -2.38. The number of carbonyl (C=O) groups excluding carboxylic acids is 1. The summed E-state index contributed by atoms with van der Waals surface area (Å²) < 4.78 is 5.53. The molecule has 2 fully saturated rings. The number of hydrogen-bond donors (Lipinski definition) is 0. The number of ether oxygens (including phenoxy) is 1. The second-order valence-corrected chi connectivity index (χ2v) is 6.58. The van der Waals surface area contributed by atoms with E-state index in [0.717, 1.165) is 17.8 Å². The fourth-order valence-electron chi connectivity index (χ4n) is 4.42. The van der Waals surface area contributed by atoms with E-state index in [1.165, 1.54) is 39.0 Å². The van der Waals surface area contributed by atoms with Crippen LogP contribution in [0.2, 0.25) is 0 Å². The molecule has 2 aliphatic rings. The average molecular weight is 238 g/mol. The van der Waals surface area contributed by atoms with Crippen LogP contribution in [0.3, 0.4) is 0 Å². The van der Waals surface area contributed by atoms with Gasteiger partial charge in [0.1, 0.15) is 5.60 Å². The van der Waals surface area contributed by atoms with Crippen molar-refractivity contribution in [1.82, 2.24) is 0 Å². The molecule has 0 spiro atoms. The van der Waals surface area contributed by atoms with Crippen LogP contribution in [0.5, 0.6) is 0 Å². The first-order chi connectivity index (χ1) is 7.94. The summed E-state index contributed by atoms with van der Waals surface area (Å²) in [4.78, 5) is 11.2. The maximum absolute atomic E-state index is 11.2. The molecule has 4 unspecified atom stereocenters. The maximum Gasteiger partial charge on any atom is 0.303 e. The third-order valence-electron chi connectivity index (χ3n) is 4.96. The highest BCUT2D eigenvalue weighted by molar-refractivity contribution is 5.66. The van der Waals surface area contributed by atoms with Crippen LogP contribution in [-0.4, -0.2) is 11.6 Å². The molecule has 0 aromatic heterocycles. The summed E-state index contributed by atoms with van der Waals surface area (Å²) in [6.45, 7) is 7.99. The SMILES string of the molecule is CCCC1CC2CC1CC2C(C)(C)OC(C)=O. The fourth-order valence-corrected chi connectivity index (χ4v) is 4.42. The molecule has 4 atom stereocenters. The minimum atomic E-state index is -0.261. The second kappa shape index (κ2) is 4.62. The maximum atomic E-state index is 11.2. The van der Waals surface area contributed by atoms with Crippen molar-refractivity contribution in [3.05, 3.63) is 0 Å². The lowest BCUT2D eigenvalue weighted by Crippen LogP contribution is -2.40. The lowest BCUT2D eigenvalue weighted by atomic mass is 9.73. The molecular formula is C15H26O2. The number of rotatable bonds is 4. The highest BCUT2D eigenvalue weighted by Gasteiger charge is 2.51. The van der Waals surface area contributed by atoms with Crippen molar-refractivity contribution in [3.63, 3.8) is 0 Å². The molecule has 2 heteroatoms. The van der Waals surface area contributed by atoms with Crippen molar-refractivity contribution < 1.29 is 9.53 Å². The van der Waals surface area contributed by atoms with E-state index in [2.05, 4.69) is 20.8 Å². The molecule has 98 valence electrons. The molecule has 2 saturated carbocycles. The van der Waals surface area contributed by atoms with Gasteiger partial charge in [-0.25, -0.2) is 0 Å². The summed E-state index contributed by atoms with van der Waals surface area (Å²) in [5.74, 6) is 3.10. The largest absolute Gasteiger partial charge is 0.460 e. The average Bonchev–Trinajstić information content (AvgIpc) is 2.75. The minimum Gasteiger partial charge on any atom is -0.460 e. The van der Waals surface area contributed by atoms with Crippen molar-refractivity contribution in [2.75, 3.05) is 0 Å². The van der Waals surface area contributed by atoms with E-state index in [-0.39, 0.29) is 11.6 Å². The van der Waals surface area contributed by atoms with Crippen LogP contribution in [0.4, 0.5) is 0 Å². The van der Waals surface area contributed by atoms with Crippen LogP contribution in [0, 0.1) is 23.7 Å². The van der Waals surface area contributed by atoms with E-state index in [9.17, 15) is 4.79 Å². The zero-order valence-electron chi connectivity index (χ0n) is 11.7. The third-order valence-corrected chi connectivity index (χ3v) is 4.96. The molecule has 0 aromatic carbocycles. The van der Waals surface area contributed by atoms with Gasteiger partial charge < -0.3 is 4.74 Å². The number of carbonyl (C=O) groups is 1. The summed E-state index contributed by atoms with van der Waals surface area (Å²) in [5, 5.41) is 0. The van der Waals surface area contributed by atoms with Gasteiger partial charge in [-0.15, -0.1) is 0 Å². The van der Waals surface area contributed by atoms with Crippen LogP contribution >= 0.6 is 0 Å². The predicted octanol–water partition coefficient (Wildman–Crippen LogP) is 3.79. The quantitative estimate of drug-likeness (QED) is 0.696. The van der Waals surface area contributed by atoms with Gasteiger partial charge in [-0.05, 0) is 50.9 Å². The molecule has 0 aromatic rings. The molecule has 0 aliphatic heterocycles. The first-order valence-corrected chi connectivity index (χ1v) is 7.13. The molecule has 2 aliphatic carbocycles. The molecule has 0 N–H and O–H groups in total. The van der Waals surface area contributed by atoms with E-state index in [0.29, 0.717) is 5.92 Å². The Morgan fingerprint density at radius 1 is 1.24 bits per heavy atom. The minimum absolute atomic E-state index is 0.136. The lowest BCUT2D eigenvalue weighted by molar-refractivity contribution is -0.161. The van der Waals surface area contributed by atoms with Crippen LogP contribution in [0.1, 0.15) is 59.8 Å². The van der Waals surface area contributed by atoms with Crippen LogP contribution in [-0.2, 0) is 9.53 Å². The van der Waals surface area contributed by atoms with Crippen molar-refractivity contribution >= 4 is 5.97 Å². The van der Waals surface area contributed by atoms with E-state index in [1.54, 1.807) is 0 Å². The molecule has 2 rings (SSSR count). The number of esters is 1. The van der Waals surface area contributed by atoms with Gasteiger partial charge in [0.05, 0.1) is 0 Å². The third kappa shape index (κ3) is 2.51. The van der Waals surface area contributed by atoms with Crippen molar-refractivity contribution in [1.29, 1.82) is 0 Å². The van der Waals surface area contributed by atoms with Crippen molar-refractivity contribution in [2.45, 2.75) is 65.4 Å². The normalized spacial score (nSPS) is 36.2. The van der Waals surface area contributed by atoms with Gasteiger partial charge in [-0.1, -0.05) is 19.8 Å². The zero-order valence-corrected chi connectivity index (χ0v) is 11.7. The number of hydrogen-bond acceptors (Lipinski definition) is 2. The highest BCUT2D eigenvalue weighted by atomic mass is 16.6. The van der Waals surface area contributed by atoms with Gasteiger partial charge >= 0.3 is 5.97 Å². The monoisotopic (exact) mass is 238 g/mol. The van der Waals surface area contributed by atoms with E-state index in [1.807, 2.05) is 0 Å². The Morgan fingerprint density at radius 3 is 2.41 bits per heavy atom. The molecule has 0 amide bonds. The van der Waals surface area contributed by atoms with Crippen LogP contribution in [0.15, 0.2) is 0 Å².